The van der Waals surface area contributed by atoms with E-state index in [-0.39, 0.29) is 5.91 Å². The molecular formula is C12H20N4O. The summed E-state index contributed by atoms with van der Waals surface area (Å²) in [4.78, 5) is 11.6. The summed E-state index contributed by atoms with van der Waals surface area (Å²) in [6.07, 6.45) is 4.77. The molecule has 0 bridgehead atoms. The summed E-state index contributed by atoms with van der Waals surface area (Å²) >= 11 is 0. The zero-order valence-electron chi connectivity index (χ0n) is 10.4. The molecule has 1 fully saturated rings. The Morgan fingerprint density at radius 1 is 1.65 bits per heavy atom. The van der Waals surface area contributed by atoms with Gasteiger partial charge in [0.1, 0.15) is 5.82 Å². The molecule has 17 heavy (non-hydrogen) atoms. The van der Waals surface area contributed by atoms with Crippen molar-refractivity contribution in [1.82, 2.24) is 15.1 Å². The van der Waals surface area contributed by atoms with Crippen LogP contribution in [0.5, 0.6) is 0 Å². The summed E-state index contributed by atoms with van der Waals surface area (Å²) in [5.74, 6) is 1.57. The molecule has 0 aromatic carbocycles. The van der Waals surface area contributed by atoms with Crippen molar-refractivity contribution in [3.05, 3.63) is 12.3 Å². The van der Waals surface area contributed by atoms with Crippen molar-refractivity contribution in [1.29, 1.82) is 0 Å². The lowest BCUT2D eigenvalue weighted by molar-refractivity contribution is -0.116. The second kappa shape index (κ2) is 5.31. The van der Waals surface area contributed by atoms with Gasteiger partial charge in [-0.3, -0.25) is 4.79 Å². The SMILES string of the molecule is CNCCC(=O)Nc1ccnn1C(C)C1CC1. The fourth-order valence-corrected chi connectivity index (χ4v) is 1.96. The van der Waals surface area contributed by atoms with Crippen LogP contribution in [0.25, 0.3) is 0 Å². The third-order valence-corrected chi connectivity index (χ3v) is 3.23. The van der Waals surface area contributed by atoms with E-state index in [0.717, 1.165) is 11.7 Å². The Hall–Kier alpha value is -1.36. The third kappa shape index (κ3) is 3.06. The van der Waals surface area contributed by atoms with Gasteiger partial charge >= 0.3 is 0 Å². The number of carbonyl (C=O) groups is 1. The third-order valence-electron chi connectivity index (χ3n) is 3.23. The maximum atomic E-state index is 11.6. The fraction of sp³-hybridized carbons (Fsp3) is 0.667. The van der Waals surface area contributed by atoms with E-state index in [4.69, 9.17) is 0 Å². The molecule has 5 heteroatoms. The quantitative estimate of drug-likeness (QED) is 0.785. The molecule has 2 rings (SSSR count). The van der Waals surface area contributed by atoms with Crippen molar-refractivity contribution in [3.8, 4) is 0 Å². The van der Waals surface area contributed by atoms with Gasteiger partial charge in [-0.05, 0) is 32.7 Å². The first kappa shape index (κ1) is 12.1. The summed E-state index contributed by atoms with van der Waals surface area (Å²) < 4.78 is 1.93. The zero-order chi connectivity index (χ0) is 12.3. The van der Waals surface area contributed by atoms with Gasteiger partial charge in [-0.2, -0.15) is 5.10 Å². The minimum Gasteiger partial charge on any atom is -0.319 e. The maximum absolute atomic E-state index is 11.6. The Morgan fingerprint density at radius 3 is 3.06 bits per heavy atom. The van der Waals surface area contributed by atoms with Gasteiger partial charge < -0.3 is 10.6 Å². The number of anilines is 1. The Balaban J connectivity index is 1.96. The monoisotopic (exact) mass is 236 g/mol. The van der Waals surface area contributed by atoms with E-state index in [0.29, 0.717) is 19.0 Å². The number of nitrogens with zero attached hydrogens (tertiary/aromatic N) is 2. The average molecular weight is 236 g/mol. The predicted octanol–water partition coefficient (Wildman–Crippen LogP) is 1.40. The van der Waals surface area contributed by atoms with E-state index in [1.807, 2.05) is 17.8 Å². The lowest BCUT2D eigenvalue weighted by Gasteiger charge is -2.15. The van der Waals surface area contributed by atoms with E-state index < -0.39 is 0 Å². The molecule has 1 aromatic rings. The molecule has 94 valence electrons. The van der Waals surface area contributed by atoms with Crippen molar-refractivity contribution in [2.24, 2.45) is 5.92 Å². The van der Waals surface area contributed by atoms with E-state index in [1.54, 1.807) is 6.20 Å². The van der Waals surface area contributed by atoms with Gasteiger partial charge in [0.05, 0.1) is 12.2 Å². The molecule has 5 nitrogen and oxygen atoms in total. The number of hydrogen-bond donors (Lipinski definition) is 2. The minimum absolute atomic E-state index is 0.0316. The number of aromatic nitrogens is 2. The molecule has 0 spiro atoms. The standard InChI is InChI=1S/C12H20N4O/c1-9(10-3-4-10)16-11(5-8-14-16)15-12(17)6-7-13-2/h5,8-10,13H,3-4,6-7H2,1-2H3,(H,15,17). The van der Waals surface area contributed by atoms with Crippen LogP contribution in [0.15, 0.2) is 12.3 Å². The smallest absolute Gasteiger partial charge is 0.226 e. The largest absolute Gasteiger partial charge is 0.319 e. The Labute approximate surface area is 102 Å². The van der Waals surface area contributed by atoms with Crippen LogP contribution < -0.4 is 10.6 Å². The van der Waals surface area contributed by atoms with Gasteiger partial charge in [-0.1, -0.05) is 0 Å². The van der Waals surface area contributed by atoms with Gasteiger partial charge in [0.25, 0.3) is 0 Å². The van der Waals surface area contributed by atoms with Gasteiger partial charge in [-0.15, -0.1) is 0 Å². The lowest BCUT2D eigenvalue weighted by atomic mass is 10.2. The van der Waals surface area contributed by atoms with Crippen molar-refractivity contribution in [3.63, 3.8) is 0 Å². The van der Waals surface area contributed by atoms with Crippen molar-refractivity contribution >= 4 is 11.7 Å². The van der Waals surface area contributed by atoms with Crippen molar-refractivity contribution in [2.45, 2.75) is 32.2 Å². The normalized spacial score (nSPS) is 16.8. The molecule has 2 N–H and O–H groups in total. The van der Waals surface area contributed by atoms with Crippen LogP contribution >= 0.6 is 0 Å². The number of carbonyl (C=O) groups excluding carboxylic acids is 1. The van der Waals surface area contributed by atoms with Crippen LogP contribution in [0.3, 0.4) is 0 Å². The highest BCUT2D eigenvalue weighted by Crippen LogP contribution is 2.40. The van der Waals surface area contributed by atoms with Crippen LogP contribution in [-0.4, -0.2) is 29.3 Å². The first-order valence-corrected chi connectivity index (χ1v) is 6.20. The Bertz CT molecular complexity index is 384. The Morgan fingerprint density at radius 2 is 2.41 bits per heavy atom. The van der Waals surface area contributed by atoms with Gasteiger partial charge in [0, 0.05) is 19.0 Å². The van der Waals surface area contributed by atoms with Gasteiger partial charge in [-0.25, -0.2) is 4.68 Å². The summed E-state index contributed by atoms with van der Waals surface area (Å²) in [6, 6.07) is 2.24. The highest BCUT2D eigenvalue weighted by Gasteiger charge is 2.30. The summed E-state index contributed by atoms with van der Waals surface area (Å²) in [5, 5.41) is 10.2. The molecule has 1 aliphatic carbocycles. The predicted molar refractivity (Wildman–Crippen MR) is 66.8 cm³/mol. The second-order valence-corrected chi connectivity index (χ2v) is 4.64. The topological polar surface area (TPSA) is 59.0 Å². The Kier molecular flexibility index (Phi) is 3.78. The van der Waals surface area contributed by atoms with E-state index >= 15 is 0 Å². The van der Waals surface area contributed by atoms with Crippen LogP contribution in [0, 0.1) is 5.92 Å². The molecule has 1 saturated carbocycles. The van der Waals surface area contributed by atoms with Crippen LogP contribution in [0.4, 0.5) is 5.82 Å². The molecule has 1 amide bonds. The molecule has 0 saturated heterocycles. The minimum atomic E-state index is 0.0316. The van der Waals surface area contributed by atoms with E-state index in [9.17, 15) is 4.79 Å². The van der Waals surface area contributed by atoms with Gasteiger partial charge in [0.2, 0.25) is 5.91 Å². The molecule has 1 aliphatic rings. The first-order valence-electron chi connectivity index (χ1n) is 6.20. The second-order valence-electron chi connectivity index (χ2n) is 4.64. The molecule has 0 radical (unpaired) electrons. The summed E-state index contributed by atoms with van der Waals surface area (Å²) in [6.45, 7) is 2.85. The van der Waals surface area contributed by atoms with Gasteiger partial charge in [0.15, 0.2) is 0 Å². The van der Waals surface area contributed by atoms with Crippen LogP contribution in [0.2, 0.25) is 0 Å². The van der Waals surface area contributed by atoms with E-state index in [2.05, 4.69) is 22.7 Å². The number of nitrogens with one attached hydrogen (secondary N) is 2. The lowest BCUT2D eigenvalue weighted by Crippen LogP contribution is -2.21. The number of hydrogen-bond acceptors (Lipinski definition) is 3. The maximum Gasteiger partial charge on any atom is 0.226 e. The van der Waals surface area contributed by atoms with Crippen molar-refractivity contribution in [2.75, 3.05) is 18.9 Å². The molecule has 1 atom stereocenters. The summed E-state index contributed by atoms with van der Waals surface area (Å²) in [5.41, 5.74) is 0. The molecule has 1 heterocycles. The highest BCUT2D eigenvalue weighted by atomic mass is 16.1. The number of amides is 1. The molecular weight excluding hydrogens is 216 g/mol. The van der Waals surface area contributed by atoms with Crippen LogP contribution in [-0.2, 0) is 4.79 Å². The zero-order valence-corrected chi connectivity index (χ0v) is 10.4. The number of rotatable bonds is 6. The molecule has 0 aliphatic heterocycles. The van der Waals surface area contributed by atoms with Crippen molar-refractivity contribution < 1.29 is 4.79 Å². The molecule has 1 unspecified atom stereocenters. The summed E-state index contributed by atoms with van der Waals surface area (Å²) in [7, 11) is 1.84. The first-order chi connectivity index (χ1) is 8.22. The van der Waals surface area contributed by atoms with Crippen LogP contribution in [0.1, 0.15) is 32.2 Å². The van der Waals surface area contributed by atoms with E-state index in [1.165, 1.54) is 12.8 Å². The average Bonchev–Trinajstić information content (AvgIpc) is 3.07. The molecule has 1 aromatic heterocycles. The highest BCUT2D eigenvalue weighted by molar-refractivity contribution is 5.89. The fourth-order valence-electron chi connectivity index (χ4n) is 1.96.